The first-order chi connectivity index (χ1) is 21.8. The van der Waals surface area contributed by atoms with Crippen LogP contribution in [-0.4, -0.2) is 99.9 Å². The summed E-state index contributed by atoms with van der Waals surface area (Å²) in [6.45, 7) is -9.78. The van der Waals surface area contributed by atoms with Gasteiger partial charge >= 0.3 is 13.5 Å². The summed E-state index contributed by atoms with van der Waals surface area (Å²) in [5.41, 5.74) is 9.89. The molecule has 0 saturated carbocycles. The van der Waals surface area contributed by atoms with Crippen molar-refractivity contribution >= 4 is 71.7 Å². The van der Waals surface area contributed by atoms with Crippen LogP contribution in [-0.2, 0) is 48.7 Å². The predicted octanol–water partition coefficient (Wildman–Crippen LogP) is 0.0977. The second-order valence-electron chi connectivity index (χ2n) is 10.8. The number of hydrogen-bond donors (Lipinski definition) is 5. The van der Waals surface area contributed by atoms with Gasteiger partial charge in [0.25, 0.3) is 5.56 Å². The van der Waals surface area contributed by atoms with E-state index >= 15 is 4.39 Å². The van der Waals surface area contributed by atoms with Gasteiger partial charge in [-0.05, 0) is 11.8 Å². The van der Waals surface area contributed by atoms with Gasteiger partial charge in [0, 0.05) is 0 Å². The average Bonchev–Trinajstić information content (AvgIpc) is 3.80. The molecule has 0 radical (unpaired) electrons. The van der Waals surface area contributed by atoms with E-state index < -0.39 is 80.9 Å². The Balaban J connectivity index is 1.11. The Morgan fingerprint density at radius 2 is 1.83 bits per heavy atom. The molecule has 8 rings (SSSR count). The fourth-order valence-electron chi connectivity index (χ4n) is 5.96. The molecule has 10 atom stereocenters. The molecule has 0 aliphatic carbocycles. The summed E-state index contributed by atoms with van der Waals surface area (Å²) in [5.74, 6) is -0.0997. The number of anilines is 2. The van der Waals surface area contributed by atoms with Crippen LogP contribution in [0.2, 0.25) is 0 Å². The number of hydrogen-bond acceptors (Lipinski definition) is 17. The highest BCUT2D eigenvalue weighted by Gasteiger charge is 2.65. The maximum absolute atomic E-state index is 16.1. The molecule has 8 heterocycles. The number of thiol groups is 1. The van der Waals surface area contributed by atoms with E-state index in [2.05, 4.69) is 42.2 Å². The maximum atomic E-state index is 16.1. The molecule has 6 N–H and O–H groups in total. The second kappa shape index (κ2) is 10.7. The molecule has 0 aromatic carbocycles. The van der Waals surface area contributed by atoms with Crippen molar-refractivity contribution in [1.29, 1.82) is 0 Å². The summed E-state index contributed by atoms with van der Waals surface area (Å²) < 4.78 is 73.3. The molecule has 3 unspecified atom stereocenters. The van der Waals surface area contributed by atoms with E-state index in [9.17, 15) is 14.3 Å². The van der Waals surface area contributed by atoms with E-state index in [0.29, 0.717) is 0 Å². The number of nitrogens with one attached hydrogen (secondary N) is 1. The van der Waals surface area contributed by atoms with Gasteiger partial charge in [0.15, 0.2) is 41.3 Å². The van der Waals surface area contributed by atoms with Gasteiger partial charge in [0.1, 0.15) is 41.9 Å². The summed E-state index contributed by atoms with van der Waals surface area (Å²) in [7, 11) is 0. The molecule has 4 aromatic heterocycles. The van der Waals surface area contributed by atoms with Crippen LogP contribution in [0.4, 0.5) is 16.2 Å². The minimum Gasteiger partial charge on any atom is -0.382 e. The van der Waals surface area contributed by atoms with Crippen molar-refractivity contribution in [3.05, 3.63) is 29.3 Å². The molecule has 4 fully saturated rings. The molecule has 0 amide bonds. The molecule has 4 aliphatic heterocycles. The summed E-state index contributed by atoms with van der Waals surface area (Å²) in [6, 6.07) is 0. The van der Waals surface area contributed by atoms with Crippen LogP contribution in [0.15, 0.2) is 23.8 Å². The topological polar surface area (TPSA) is 261 Å². The number of alkyl halides is 1. The Hall–Kier alpha value is -2.66. The van der Waals surface area contributed by atoms with Gasteiger partial charge in [-0.2, -0.15) is 4.98 Å². The lowest BCUT2D eigenvalue weighted by atomic mass is 10.0. The smallest absolute Gasteiger partial charge is 0.382 e. The first-order valence-electron chi connectivity index (χ1n) is 13.4. The monoisotopic (exact) mass is 720 g/mol. The molecular formula is C21H23FN10O10P2S2. The van der Waals surface area contributed by atoms with Crippen LogP contribution in [0, 0.1) is 0 Å². The van der Waals surface area contributed by atoms with Gasteiger partial charge < -0.3 is 35.1 Å². The van der Waals surface area contributed by atoms with Gasteiger partial charge in [-0.15, -0.1) is 0 Å². The van der Waals surface area contributed by atoms with Gasteiger partial charge in [0.2, 0.25) is 5.95 Å². The number of nitrogen functional groups attached to an aromatic ring is 2. The van der Waals surface area contributed by atoms with Crippen molar-refractivity contribution < 1.29 is 46.2 Å². The van der Waals surface area contributed by atoms with Crippen molar-refractivity contribution in [3.63, 3.8) is 0 Å². The molecule has 246 valence electrons. The van der Waals surface area contributed by atoms with E-state index in [4.69, 9.17) is 55.6 Å². The lowest BCUT2D eigenvalue weighted by Crippen LogP contribution is -2.46. The number of nitrogens with zero attached hydrogens (tertiary/aromatic N) is 7. The highest BCUT2D eigenvalue weighted by Crippen LogP contribution is 2.61. The summed E-state index contributed by atoms with van der Waals surface area (Å²) in [6.07, 6.45) is -5.76. The number of halogens is 1. The molecule has 4 saturated heterocycles. The average molecular weight is 721 g/mol. The summed E-state index contributed by atoms with van der Waals surface area (Å²) in [4.78, 5) is 46.2. The quantitative estimate of drug-likeness (QED) is 0.136. The third-order valence-corrected chi connectivity index (χ3v) is 11.1. The first-order valence-corrected chi connectivity index (χ1v) is 18.7. The Kier molecular flexibility index (Phi) is 7.11. The SMILES string of the molecule is Nc1nc2c(ncn2[C@@H]2OC34CO[C@@H]2[C@@H]3OP(O)(=S)OC[C@H]2O[C@@H](n3cnc5c(N)ncnc53)[C@H](F)[C@@H]2OP(=O)(S)OC4)c(=O)[nH]1. The fourth-order valence-corrected chi connectivity index (χ4v) is 8.91. The van der Waals surface area contributed by atoms with E-state index in [-0.39, 0.29) is 40.7 Å². The molecule has 4 aromatic rings. The van der Waals surface area contributed by atoms with Gasteiger partial charge in [0.05, 0.1) is 32.5 Å². The van der Waals surface area contributed by atoms with Crippen molar-refractivity contribution in [2.45, 2.75) is 48.6 Å². The Bertz CT molecular complexity index is 2040. The van der Waals surface area contributed by atoms with Crippen molar-refractivity contribution in [1.82, 2.24) is 39.0 Å². The predicted molar refractivity (Wildman–Crippen MR) is 158 cm³/mol. The summed E-state index contributed by atoms with van der Waals surface area (Å²) in [5, 5.41) is 0. The molecule has 4 aliphatic rings. The van der Waals surface area contributed by atoms with E-state index in [1.807, 2.05) is 0 Å². The Morgan fingerprint density at radius 3 is 2.63 bits per heavy atom. The number of fused-ring (bicyclic) bond motifs is 3. The second-order valence-corrected chi connectivity index (χ2v) is 16.5. The number of imidazole rings is 2. The minimum absolute atomic E-state index is 0.0247. The third-order valence-electron chi connectivity index (χ3n) is 8.00. The highest BCUT2D eigenvalue weighted by molar-refractivity contribution is 8.44. The maximum Gasteiger partial charge on any atom is 0.386 e. The summed E-state index contributed by atoms with van der Waals surface area (Å²) >= 11 is 9.42. The van der Waals surface area contributed by atoms with Crippen molar-refractivity contribution in [2.75, 3.05) is 31.3 Å². The first kappa shape index (κ1) is 30.7. The zero-order valence-electron chi connectivity index (χ0n) is 22.9. The van der Waals surface area contributed by atoms with Crippen LogP contribution in [0.25, 0.3) is 22.3 Å². The number of nitrogens with two attached hydrogens (primary N) is 2. The number of rotatable bonds is 2. The molecule has 46 heavy (non-hydrogen) atoms. The van der Waals surface area contributed by atoms with Crippen LogP contribution in [0.5, 0.6) is 0 Å². The molecule has 25 heteroatoms. The Morgan fingerprint density at radius 1 is 1.07 bits per heavy atom. The largest absolute Gasteiger partial charge is 0.386 e. The molecular weight excluding hydrogens is 697 g/mol. The standard InChI is InChI=1S/C21H23FN10O10P2S2/c22-8-11-7(39-18(8)31-5-27-9-14(23)25-4-26-15(9)31)1-37-43(34,45)42-13-12-19(32-6-28-10-16(32)29-20(24)30-17(10)33)40-21(13,2-36-12)3-38-44(35,46)41-11/h4-8,11-13,18-19H,1-3H2,(H,34,45)(H,35,46)(H2,23,25,26)(H3,24,29,30,33)/t7-,8-,11-,12-,13+,18-,19-,21?,43?,44?/m1/s1. The number of ether oxygens (including phenoxy) is 3. The zero-order chi connectivity index (χ0) is 32.2. The fraction of sp³-hybridized carbons (Fsp3) is 0.524. The number of aromatic amines is 1. The lowest BCUT2D eigenvalue weighted by molar-refractivity contribution is -0.183. The Labute approximate surface area is 265 Å². The normalized spacial score (nSPS) is 39.7. The third kappa shape index (κ3) is 4.89. The van der Waals surface area contributed by atoms with Crippen LogP contribution in [0.1, 0.15) is 12.5 Å². The van der Waals surface area contributed by atoms with E-state index in [1.165, 1.54) is 28.1 Å². The van der Waals surface area contributed by atoms with Crippen molar-refractivity contribution in [2.24, 2.45) is 0 Å². The highest BCUT2D eigenvalue weighted by atomic mass is 32.7. The van der Waals surface area contributed by atoms with Gasteiger partial charge in [-0.25, -0.2) is 28.9 Å². The molecule has 0 spiro atoms. The van der Waals surface area contributed by atoms with Crippen LogP contribution >= 0.6 is 25.8 Å². The van der Waals surface area contributed by atoms with E-state index in [1.54, 1.807) is 0 Å². The van der Waals surface area contributed by atoms with Gasteiger partial charge in [-0.3, -0.25) is 32.5 Å². The van der Waals surface area contributed by atoms with Gasteiger partial charge in [-0.1, -0.05) is 12.2 Å². The van der Waals surface area contributed by atoms with E-state index in [0.717, 1.165) is 0 Å². The number of H-pyrrole nitrogens is 1. The number of aromatic nitrogens is 8. The van der Waals surface area contributed by atoms with Crippen LogP contribution < -0.4 is 17.0 Å². The molecule has 20 nitrogen and oxygen atoms in total. The lowest BCUT2D eigenvalue weighted by Gasteiger charge is -2.34. The van der Waals surface area contributed by atoms with Crippen molar-refractivity contribution in [3.8, 4) is 0 Å². The van der Waals surface area contributed by atoms with Crippen LogP contribution in [0.3, 0.4) is 0 Å². The zero-order valence-corrected chi connectivity index (χ0v) is 26.4. The minimum atomic E-state index is -4.37. The molecule has 2 bridgehead atoms.